The first-order valence-corrected chi connectivity index (χ1v) is 9.80. The lowest BCUT2D eigenvalue weighted by molar-refractivity contribution is -0.134. The van der Waals surface area contributed by atoms with Crippen LogP contribution in [0.2, 0.25) is 0 Å². The van der Waals surface area contributed by atoms with E-state index in [2.05, 4.69) is 15.9 Å². The number of aryl methyl sites for hydroxylation is 1. The van der Waals surface area contributed by atoms with E-state index in [-0.39, 0.29) is 11.9 Å². The van der Waals surface area contributed by atoms with Crippen LogP contribution in [0.5, 0.6) is 5.75 Å². The van der Waals surface area contributed by atoms with Gasteiger partial charge in [-0.3, -0.25) is 9.69 Å². The molecule has 0 bridgehead atoms. The number of ether oxygens (including phenoxy) is 1. The van der Waals surface area contributed by atoms with Crippen LogP contribution in [-0.2, 0) is 4.79 Å². The van der Waals surface area contributed by atoms with Gasteiger partial charge in [0.05, 0.1) is 12.7 Å². The summed E-state index contributed by atoms with van der Waals surface area (Å²) in [5.74, 6) is 0.704. The van der Waals surface area contributed by atoms with Crippen LogP contribution in [-0.4, -0.2) is 63.1 Å². The molecule has 6 heteroatoms. The summed E-state index contributed by atoms with van der Waals surface area (Å²) < 4.78 is 5.41. The molecule has 1 fully saturated rings. The summed E-state index contributed by atoms with van der Waals surface area (Å²) >= 11 is 0. The summed E-state index contributed by atoms with van der Waals surface area (Å²) in [5.41, 5.74) is 3.56. The number of nitriles is 1. The van der Waals surface area contributed by atoms with Gasteiger partial charge in [0.25, 0.3) is 0 Å². The quantitative estimate of drug-likeness (QED) is 0.783. The average Bonchev–Trinajstić information content (AvgIpc) is 2.74. The SMILES string of the molecule is COc1cc(N2CCN(C(C(=O)N(C)C)c3ccccc3)CC2)cc(C)c1C#N. The van der Waals surface area contributed by atoms with E-state index in [1.165, 1.54) is 0 Å². The maximum absolute atomic E-state index is 12.9. The number of rotatable bonds is 5. The first-order chi connectivity index (χ1) is 14.0. The van der Waals surface area contributed by atoms with Crippen LogP contribution in [0.15, 0.2) is 42.5 Å². The molecule has 1 saturated heterocycles. The summed E-state index contributed by atoms with van der Waals surface area (Å²) in [4.78, 5) is 19.1. The van der Waals surface area contributed by atoms with Crippen LogP contribution in [0.4, 0.5) is 5.69 Å². The highest BCUT2D eigenvalue weighted by Crippen LogP contribution is 2.31. The van der Waals surface area contributed by atoms with Gasteiger partial charge < -0.3 is 14.5 Å². The maximum Gasteiger partial charge on any atom is 0.244 e. The van der Waals surface area contributed by atoms with Gasteiger partial charge in [0.15, 0.2) is 0 Å². The van der Waals surface area contributed by atoms with Gasteiger partial charge in [0.2, 0.25) is 5.91 Å². The Morgan fingerprint density at radius 2 is 1.79 bits per heavy atom. The van der Waals surface area contributed by atoms with Crippen LogP contribution >= 0.6 is 0 Å². The molecule has 1 atom stereocenters. The number of anilines is 1. The number of hydrogen-bond donors (Lipinski definition) is 0. The van der Waals surface area contributed by atoms with Crippen molar-refractivity contribution in [3.05, 3.63) is 59.2 Å². The average molecular weight is 393 g/mol. The monoisotopic (exact) mass is 392 g/mol. The fraction of sp³-hybridized carbons (Fsp3) is 0.391. The van der Waals surface area contributed by atoms with E-state index in [0.29, 0.717) is 11.3 Å². The molecule has 152 valence electrons. The van der Waals surface area contributed by atoms with Gasteiger partial charge >= 0.3 is 0 Å². The van der Waals surface area contributed by atoms with Gasteiger partial charge in [0.1, 0.15) is 17.9 Å². The summed E-state index contributed by atoms with van der Waals surface area (Å²) in [6.07, 6.45) is 0. The Hall–Kier alpha value is -3.04. The number of likely N-dealkylation sites (N-methyl/N-ethyl adjacent to an activating group) is 1. The lowest BCUT2D eigenvalue weighted by Gasteiger charge is -2.40. The van der Waals surface area contributed by atoms with Crippen molar-refractivity contribution < 1.29 is 9.53 Å². The molecule has 1 heterocycles. The molecule has 2 aromatic carbocycles. The molecule has 0 saturated carbocycles. The molecule has 1 aliphatic heterocycles. The normalized spacial score (nSPS) is 15.5. The minimum absolute atomic E-state index is 0.0977. The molecule has 2 aromatic rings. The molecule has 6 nitrogen and oxygen atoms in total. The Bertz CT molecular complexity index is 897. The molecule has 0 N–H and O–H groups in total. The van der Waals surface area contributed by atoms with Gasteiger partial charge in [-0.25, -0.2) is 0 Å². The van der Waals surface area contributed by atoms with Crippen LogP contribution in [0.3, 0.4) is 0 Å². The molecule has 0 aliphatic carbocycles. The highest BCUT2D eigenvalue weighted by atomic mass is 16.5. The summed E-state index contributed by atoms with van der Waals surface area (Å²) in [6, 6.07) is 15.9. The van der Waals surface area contributed by atoms with Crippen LogP contribution < -0.4 is 9.64 Å². The first-order valence-electron chi connectivity index (χ1n) is 9.80. The van der Waals surface area contributed by atoms with Gasteiger partial charge in [-0.15, -0.1) is 0 Å². The fourth-order valence-corrected chi connectivity index (χ4v) is 3.85. The summed E-state index contributed by atoms with van der Waals surface area (Å²) in [6.45, 7) is 5.10. The van der Waals surface area contributed by atoms with Gasteiger partial charge in [0, 0.05) is 52.0 Å². The van der Waals surface area contributed by atoms with Crippen molar-refractivity contribution in [1.29, 1.82) is 5.26 Å². The van der Waals surface area contributed by atoms with Crippen LogP contribution in [0.25, 0.3) is 0 Å². The molecule has 1 aliphatic rings. The Morgan fingerprint density at radius 3 is 2.34 bits per heavy atom. The zero-order valence-corrected chi connectivity index (χ0v) is 17.6. The van der Waals surface area contributed by atoms with E-state index in [9.17, 15) is 10.1 Å². The smallest absolute Gasteiger partial charge is 0.244 e. The third-order valence-electron chi connectivity index (χ3n) is 5.45. The van der Waals surface area contributed by atoms with Crippen molar-refractivity contribution >= 4 is 11.6 Å². The van der Waals surface area contributed by atoms with E-state index in [0.717, 1.165) is 43.0 Å². The number of amides is 1. The lowest BCUT2D eigenvalue weighted by atomic mass is 10.0. The second-order valence-electron chi connectivity index (χ2n) is 7.52. The third kappa shape index (κ3) is 4.36. The van der Waals surface area contributed by atoms with Gasteiger partial charge in [-0.05, 0) is 24.1 Å². The predicted molar refractivity (Wildman–Crippen MR) is 114 cm³/mol. The number of hydrogen-bond acceptors (Lipinski definition) is 5. The molecular weight excluding hydrogens is 364 g/mol. The minimum Gasteiger partial charge on any atom is -0.495 e. The van der Waals surface area contributed by atoms with Crippen LogP contribution in [0, 0.1) is 18.3 Å². The van der Waals surface area contributed by atoms with E-state index in [1.807, 2.05) is 49.4 Å². The Morgan fingerprint density at radius 1 is 1.14 bits per heavy atom. The second kappa shape index (κ2) is 8.97. The van der Waals surface area contributed by atoms with Crippen molar-refractivity contribution in [2.75, 3.05) is 52.3 Å². The number of piperazine rings is 1. The zero-order chi connectivity index (χ0) is 21.0. The third-order valence-corrected chi connectivity index (χ3v) is 5.45. The van der Waals surface area contributed by atoms with Crippen LogP contribution in [0.1, 0.15) is 22.7 Å². The molecular formula is C23H28N4O2. The van der Waals surface area contributed by atoms with Gasteiger partial charge in [-0.2, -0.15) is 5.26 Å². The highest BCUT2D eigenvalue weighted by Gasteiger charge is 2.31. The van der Waals surface area contributed by atoms with Crippen molar-refractivity contribution in [3.63, 3.8) is 0 Å². The zero-order valence-electron chi connectivity index (χ0n) is 17.6. The number of carbonyl (C=O) groups excluding carboxylic acids is 1. The second-order valence-corrected chi connectivity index (χ2v) is 7.52. The van der Waals surface area contributed by atoms with Crippen molar-refractivity contribution in [3.8, 4) is 11.8 Å². The highest BCUT2D eigenvalue weighted by molar-refractivity contribution is 5.83. The Labute approximate surface area is 172 Å². The van der Waals surface area contributed by atoms with Crippen molar-refractivity contribution in [2.24, 2.45) is 0 Å². The summed E-state index contributed by atoms with van der Waals surface area (Å²) in [5, 5.41) is 9.35. The van der Waals surface area contributed by atoms with Crippen molar-refractivity contribution in [2.45, 2.75) is 13.0 Å². The first kappa shape index (κ1) is 20.7. The molecule has 3 rings (SSSR count). The topological polar surface area (TPSA) is 59.8 Å². The van der Waals surface area contributed by atoms with E-state index in [1.54, 1.807) is 26.1 Å². The Balaban J connectivity index is 1.79. The lowest BCUT2D eigenvalue weighted by Crippen LogP contribution is -2.51. The number of benzene rings is 2. The number of nitrogens with zero attached hydrogens (tertiary/aromatic N) is 4. The molecule has 0 spiro atoms. The number of methoxy groups -OCH3 is 1. The Kier molecular flexibility index (Phi) is 6.40. The molecule has 1 unspecified atom stereocenters. The largest absolute Gasteiger partial charge is 0.495 e. The van der Waals surface area contributed by atoms with Gasteiger partial charge in [-0.1, -0.05) is 30.3 Å². The van der Waals surface area contributed by atoms with E-state index in [4.69, 9.17) is 4.74 Å². The maximum atomic E-state index is 12.9. The molecule has 0 aromatic heterocycles. The molecule has 0 radical (unpaired) electrons. The fourth-order valence-electron chi connectivity index (χ4n) is 3.85. The van der Waals surface area contributed by atoms with Crippen molar-refractivity contribution in [1.82, 2.24) is 9.80 Å². The molecule has 29 heavy (non-hydrogen) atoms. The molecule has 1 amide bonds. The predicted octanol–water partition coefficient (Wildman–Crippen LogP) is 2.83. The standard InChI is InChI=1S/C23H28N4O2/c1-17-14-19(15-21(29-4)20(17)16-24)26-10-12-27(13-11-26)22(23(28)25(2)3)18-8-6-5-7-9-18/h5-9,14-15,22H,10-13H2,1-4H3. The number of carbonyl (C=O) groups is 1. The summed E-state index contributed by atoms with van der Waals surface area (Å²) in [7, 11) is 5.20. The van der Waals surface area contributed by atoms with E-state index >= 15 is 0 Å². The minimum atomic E-state index is -0.273. The van der Waals surface area contributed by atoms with E-state index < -0.39 is 0 Å².